The van der Waals surface area contributed by atoms with E-state index in [1.807, 2.05) is 13.8 Å². The van der Waals surface area contributed by atoms with Crippen LogP contribution < -0.4 is 0 Å². The Balaban J connectivity index is 1.42. The van der Waals surface area contributed by atoms with Crippen LogP contribution in [0.15, 0.2) is 23.0 Å². The summed E-state index contributed by atoms with van der Waals surface area (Å²) in [5.74, 6) is -5.68. The maximum atomic E-state index is 15.0. The molecule has 1 aromatic heterocycles. The summed E-state index contributed by atoms with van der Waals surface area (Å²) in [6.07, 6.45) is -5.09. The topological polar surface area (TPSA) is 192 Å². The molecule has 1 spiro atoms. The van der Waals surface area contributed by atoms with Crippen LogP contribution in [0.25, 0.3) is 0 Å². The number of fused-ring (bicyclic) bond motifs is 1. The van der Waals surface area contributed by atoms with Crippen molar-refractivity contribution in [2.24, 2.45) is 39.4 Å². The highest BCUT2D eigenvalue weighted by Gasteiger charge is 2.92. The maximum Gasteiger partial charge on any atom is 0.310 e. The molecule has 0 radical (unpaired) electrons. The molecule has 2 saturated heterocycles. The van der Waals surface area contributed by atoms with Gasteiger partial charge in [0.25, 0.3) is 0 Å². The molecule has 4 saturated carbocycles. The molecule has 7 rings (SSSR count). The molecule has 1 unspecified atom stereocenters. The summed E-state index contributed by atoms with van der Waals surface area (Å²) in [5, 5.41) is 37.2. The fraction of sp³-hybridized carbons (Fsp3) is 0.771. The predicted octanol–water partition coefficient (Wildman–Crippen LogP) is 2.03. The van der Waals surface area contributed by atoms with Crippen molar-refractivity contribution in [3.63, 3.8) is 0 Å². The molecule has 4 aliphatic carbocycles. The van der Waals surface area contributed by atoms with Crippen LogP contribution in [0.4, 0.5) is 0 Å². The lowest BCUT2D eigenvalue weighted by atomic mass is 9.33. The van der Waals surface area contributed by atoms with Crippen LogP contribution in [0, 0.1) is 39.4 Å². The molecule has 13 heteroatoms. The van der Waals surface area contributed by atoms with Gasteiger partial charge in [-0.25, -0.2) is 0 Å². The Kier molecular flexibility index (Phi) is 7.42. The summed E-state index contributed by atoms with van der Waals surface area (Å²) in [7, 11) is 0. The number of hydrogen-bond donors (Lipinski definition) is 3. The van der Waals surface area contributed by atoms with E-state index in [0.29, 0.717) is 12.8 Å². The number of furan rings is 1. The number of rotatable bonds is 6. The summed E-state index contributed by atoms with van der Waals surface area (Å²) < 4.78 is 35.9. The quantitative estimate of drug-likeness (QED) is 0.226. The second kappa shape index (κ2) is 10.6. The minimum atomic E-state index is -1.66. The Morgan fingerprint density at radius 3 is 2.31 bits per heavy atom. The molecular weight excluding hydrogens is 628 g/mol. The first-order chi connectivity index (χ1) is 22.5. The Morgan fingerprint density at radius 2 is 1.71 bits per heavy atom. The number of carbonyl (C=O) groups excluding carboxylic acids is 4. The van der Waals surface area contributed by atoms with Crippen LogP contribution in [0.1, 0.15) is 79.2 Å². The lowest BCUT2D eigenvalue weighted by molar-refractivity contribution is -0.391. The van der Waals surface area contributed by atoms with Gasteiger partial charge in [-0.3, -0.25) is 19.2 Å². The standard InChI is InChI=1S/C35H46O13/c1-8-15(2)29(42)47-30-31(5)20-12-21(38)33(7)25(34(20,14-44-30)27(41)24(45-16(3)36)28(31)46-17(4)37)23(39)26(40)32(6)19(18-9-10-43-13-18)11-22-35(32,33)48-22/h9-10,13,15,19-22,24-28,30,38,40-41H,8,11-12,14H2,1-7H3/t15-,19+,20+,21-,22-,24-,25+,26-,27+,28-,30?,31-,32-,33-,34+,35-/m1/s1. The third-order valence-corrected chi connectivity index (χ3v) is 13.9. The average Bonchev–Trinajstić information content (AvgIpc) is 3.39. The minimum absolute atomic E-state index is 0.0283. The summed E-state index contributed by atoms with van der Waals surface area (Å²) in [5.41, 5.74) is -6.04. The van der Waals surface area contributed by atoms with Crippen LogP contribution in [0.2, 0.25) is 0 Å². The molecule has 2 aliphatic heterocycles. The van der Waals surface area contributed by atoms with Gasteiger partial charge in [0.15, 0.2) is 18.0 Å². The van der Waals surface area contributed by atoms with Gasteiger partial charge in [-0.15, -0.1) is 0 Å². The molecule has 264 valence electrons. The Hall–Kier alpha value is -2.84. The Bertz CT molecular complexity index is 1530. The minimum Gasteiger partial charge on any atom is -0.472 e. The third-order valence-electron chi connectivity index (χ3n) is 13.9. The smallest absolute Gasteiger partial charge is 0.310 e. The average molecular weight is 675 g/mol. The van der Waals surface area contributed by atoms with Crippen molar-refractivity contribution >= 4 is 23.7 Å². The molecule has 0 aromatic carbocycles. The first-order valence-electron chi connectivity index (χ1n) is 16.9. The zero-order valence-corrected chi connectivity index (χ0v) is 28.3. The summed E-state index contributed by atoms with van der Waals surface area (Å²) in [6.45, 7) is 10.8. The highest BCUT2D eigenvalue weighted by atomic mass is 16.7. The maximum absolute atomic E-state index is 15.0. The van der Waals surface area contributed by atoms with Crippen LogP contribution >= 0.6 is 0 Å². The lowest BCUT2D eigenvalue weighted by Gasteiger charge is -2.73. The normalized spacial score (nSPS) is 50.6. The number of ether oxygens (including phenoxy) is 5. The molecule has 1 aromatic rings. The number of ketones is 1. The van der Waals surface area contributed by atoms with E-state index in [2.05, 4.69) is 0 Å². The van der Waals surface area contributed by atoms with Crippen LogP contribution in [-0.2, 0) is 42.9 Å². The first-order valence-corrected chi connectivity index (χ1v) is 16.9. The van der Waals surface area contributed by atoms with E-state index in [1.54, 1.807) is 33.1 Å². The number of epoxide rings is 1. The van der Waals surface area contributed by atoms with Crippen LogP contribution in [-0.4, -0.2) is 94.1 Å². The number of aliphatic hydroxyl groups excluding tert-OH is 3. The molecule has 48 heavy (non-hydrogen) atoms. The number of aliphatic hydroxyl groups is 3. The van der Waals surface area contributed by atoms with Crippen molar-refractivity contribution in [3.05, 3.63) is 24.2 Å². The molecule has 2 bridgehead atoms. The Morgan fingerprint density at radius 1 is 1.02 bits per heavy atom. The van der Waals surface area contributed by atoms with E-state index in [1.165, 1.54) is 13.2 Å². The van der Waals surface area contributed by atoms with E-state index in [0.717, 1.165) is 12.5 Å². The highest BCUT2D eigenvalue weighted by Crippen LogP contribution is 2.82. The fourth-order valence-corrected chi connectivity index (χ4v) is 11.6. The van der Waals surface area contributed by atoms with Crippen LogP contribution in [0.5, 0.6) is 0 Å². The number of carbonyl (C=O) groups is 4. The van der Waals surface area contributed by atoms with E-state index in [4.69, 9.17) is 28.1 Å². The SMILES string of the molecule is CC[C@@H](C)C(=O)OC1OC[C@@]23[C@H]4C(=O)[C@@H](O)[C@@]5(C)[C@H](c6ccoc6)C[C@H]6O[C@]65[C@]4(C)[C@H](O)C[C@H]2[C@]1(C)[C@H](OC(C)=O)[C@H](OC(C)=O)[C@@H]3O. The van der Waals surface area contributed by atoms with Gasteiger partial charge in [0.2, 0.25) is 6.29 Å². The predicted molar refractivity (Wildman–Crippen MR) is 161 cm³/mol. The van der Waals surface area contributed by atoms with Gasteiger partial charge in [-0.05, 0) is 43.7 Å². The van der Waals surface area contributed by atoms with E-state index >= 15 is 4.79 Å². The molecular formula is C35H46O13. The molecule has 3 N–H and O–H groups in total. The zero-order valence-electron chi connectivity index (χ0n) is 28.3. The number of hydrogen-bond acceptors (Lipinski definition) is 13. The lowest BCUT2D eigenvalue weighted by Crippen LogP contribution is -2.84. The van der Waals surface area contributed by atoms with Gasteiger partial charge in [-0.2, -0.15) is 0 Å². The largest absolute Gasteiger partial charge is 0.472 e. The first kappa shape index (κ1) is 33.6. The van der Waals surface area contributed by atoms with Crippen molar-refractivity contribution in [1.82, 2.24) is 0 Å². The second-order valence-electron chi connectivity index (χ2n) is 15.7. The van der Waals surface area contributed by atoms with Gasteiger partial charge in [0.1, 0.15) is 17.8 Å². The van der Waals surface area contributed by atoms with Crippen molar-refractivity contribution in [1.29, 1.82) is 0 Å². The van der Waals surface area contributed by atoms with Gasteiger partial charge in [0.05, 0.1) is 42.7 Å². The third kappa shape index (κ3) is 3.74. The van der Waals surface area contributed by atoms with Crippen LogP contribution in [0.3, 0.4) is 0 Å². The van der Waals surface area contributed by atoms with Crippen molar-refractivity contribution in [2.45, 2.75) is 122 Å². The van der Waals surface area contributed by atoms with Gasteiger partial charge < -0.3 is 43.4 Å². The number of esters is 3. The molecule has 0 amide bonds. The zero-order chi connectivity index (χ0) is 34.9. The number of Topliss-reactive ketones (excluding diaryl/α,β-unsaturated/α-hetero) is 1. The second-order valence-corrected chi connectivity index (χ2v) is 15.7. The van der Waals surface area contributed by atoms with Gasteiger partial charge in [0, 0.05) is 41.9 Å². The van der Waals surface area contributed by atoms with E-state index < -0.39 is 112 Å². The van der Waals surface area contributed by atoms with E-state index in [9.17, 15) is 29.7 Å². The Labute approximate surface area is 278 Å². The van der Waals surface area contributed by atoms with Crippen molar-refractivity contribution in [2.75, 3.05) is 6.61 Å². The van der Waals surface area contributed by atoms with Gasteiger partial charge >= 0.3 is 17.9 Å². The molecule has 13 nitrogen and oxygen atoms in total. The fourth-order valence-electron chi connectivity index (χ4n) is 11.6. The molecule has 6 aliphatic rings. The van der Waals surface area contributed by atoms with Crippen molar-refractivity contribution in [3.8, 4) is 0 Å². The molecule has 16 atom stereocenters. The monoisotopic (exact) mass is 674 g/mol. The highest BCUT2D eigenvalue weighted by molar-refractivity contribution is 5.91. The molecule has 3 heterocycles. The van der Waals surface area contributed by atoms with Gasteiger partial charge in [-0.1, -0.05) is 27.7 Å². The summed E-state index contributed by atoms with van der Waals surface area (Å²) in [4.78, 5) is 53.5. The summed E-state index contributed by atoms with van der Waals surface area (Å²) >= 11 is 0. The summed E-state index contributed by atoms with van der Waals surface area (Å²) in [6, 6.07) is 1.80. The van der Waals surface area contributed by atoms with E-state index in [-0.39, 0.29) is 18.9 Å². The van der Waals surface area contributed by atoms with Crippen molar-refractivity contribution < 1.29 is 62.6 Å². The molecule has 6 fully saturated rings.